The summed E-state index contributed by atoms with van der Waals surface area (Å²) in [7, 11) is 1.83. The molecule has 0 N–H and O–H groups in total. The molecule has 22 heavy (non-hydrogen) atoms. The smallest absolute Gasteiger partial charge is 0.319 e. The Morgan fingerprint density at radius 1 is 1.45 bits per heavy atom. The highest BCUT2D eigenvalue weighted by Crippen LogP contribution is 2.24. The fraction of sp³-hybridized carbons (Fsp3) is 0.286. The first-order valence-corrected chi connectivity index (χ1v) is 8.35. The van der Waals surface area contributed by atoms with Crippen molar-refractivity contribution in [3.8, 4) is 0 Å². The molecule has 3 aromatic rings. The molecule has 0 fully saturated rings. The zero-order valence-corrected chi connectivity index (χ0v) is 13.7. The standard InChI is InChI=1S/C14H14N4O2S2/c1-9(21-14-17-15-8-18(14)2)13(19)20-7-12-16-10-5-3-4-6-11(10)22-12/h3-6,8-9H,7H2,1-2H3. The van der Waals surface area contributed by atoms with Crippen LogP contribution in [0.4, 0.5) is 0 Å². The number of rotatable bonds is 5. The summed E-state index contributed by atoms with van der Waals surface area (Å²) in [5, 5.41) is 8.86. The summed E-state index contributed by atoms with van der Waals surface area (Å²) >= 11 is 2.86. The SMILES string of the molecule is CC(Sc1nncn1C)C(=O)OCc1nc2ccccc2s1. The number of fused-ring (bicyclic) bond motifs is 1. The van der Waals surface area contributed by atoms with Crippen molar-refractivity contribution in [2.45, 2.75) is 23.9 Å². The Balaban J connectivity index is 1.58. The van der Waals surface area contributed by atoms with Crippen LogP contribution in [0.15, 0.2) is 35.7 Å². The van der Waals surface area contributed by atoms with Gasteiger partial charge in [0.15, 0.2) is 5.16 Å². The lowest BCUT2D eigenvalue weighted by molar-refractivity contribution is -0.143. The van der Waals surface area contributed by atoms with Crippen LogP contribution in [-0.4, -0.2) is 31.0 Å². The third kappa shape index (κ3) is 3.28. The van der Waals surface area contributed by atoms with Crippen molar-refractivity contribution in [3.63, 3.8) is 0 Å². The molecule has 0 bridgehead atoms. The second kappa shape index (κ2) is 6.45. The summed E-state index contributed by atoms with van der Waals surface area (Å²) in [4.78, 5) is 16.5. The molecule has 3 rings (SSSR count). The fourth-order valence-electron chi connectivity index (χ4n) is 1.82. The monoisotopic (exact) mass is 334 g/mol. The van der Waals surface area contributed by atoms with Crippen molar-refractivity contribution < 1.29 is 9.53 Å². The van der Waals surface area contributed by atoms with Crippen LogP contribution in [0, 0.1) is 0 Å². The molecule has 2 aromatic heterocycles. The van der Waals surface area contributed by atoms with Gasteiger partial charge in [-0.1, -0.05) is 23.9 Å². The van der Waals surface area contributed by atoms with Gasteiger partial charge in [-0.15, -0.1) is 21.5 Å². The number of ether oxygens (including phenoxy) is 1. The van der Waals surface area contributed by atoms with Gasteiger partial charge in [0.05, 0.1) is 10.2 Å². The first-order chi connectivity index (χ1) is 10.6. The van der Waals surface area contributed by atoms with E-state index in [2.05, 4.69) is 15.2 Å². The van der Waals surface area contributed by atoms with Crippen LogP contribution >= 0.6 is 23.1 Å². The second-order valence-corrected chi connectivity index (χ2v) is 7.09. The van der Waals surface area contributed by atoms with E-state index in [0.717, 1.165) is 15.2 Å². The van der Waals surface area contributed by atoms with E-state index >= 15 is 0 Å². The molecular weight excluding hydrogens is 320 g/mol. The molecule has 8 heteroatoms. The largest absolute Gasteiger partial charge is 0.457 e. The van der Waals surface area contributed by atoms with E-state index in [0.29, 0.717) is 5.16 Å². The first-order valence-electron chi connectivity index (χ1n) is 6.65. The van der Waals surface area contributed by atoms with Gasteiger partial charge in [0.2, 0.25) is 0 Å². The number of nitrogens with zero attached hydrogens (tertiary/aromatic N) is 4. The van der Waals surface area contributed by atoms with E-state index in [1.807, 2.05) is 31.3 Å². The quantitative estimate of drug-likeness (QED) is 0.528. The molecule has 0 aliphatic rings. The van der Waals surface area contributed by atoms with Gasteiger partial charge in [0, 0.05) is 7.05 Å². The number of esters is 1. The Kier molecular flexibility index (Phi) is 4.39. The molecule has 2 heterocycles. The van der Waals surface area contributed by atoms with Gasteiger partial charge in [0.1, 0.15) is 23.2 Å². The molecule has 6 nitrogen and oxygen atoms in total. The van der Waals surface area contributed by atoms with E-state index in [4.69, 9.17) is 4.74 Å². The molecule has 0 spiro atoms. The van der Waals surface area contributed by atoms with E-state index in [9.17, 15) is 4.79 Å². The van der Waals surface area contributed by atoms with E-state index in [-0.39, 0.29) is 17.8 Å². The van der Waals surface area contributed by atoms with Crippen LogP contribution in [0.5, 0.6) is 0 Å². The van der Waals surface area contributed by atoms with Crippen molar-refractivity contribution in [1.82, 2.24) is 19.7 Å². The zero-order chi connectivity index (χ0) is 15.5. The fourth-order valence-corrected chi connectivity index (χ4v) is 3.49. The predicted octanol–water partition coefficient (Wildman–Crippen LogP) is 2.65. The highest BCUT2D eigenvalue weighted by Gasteiger charge is 2.19. The van der Waals surface area contributed by atoms with Gasteiger partial charge in [-0.2, -0.15) is 0 Å². The van der Waals surface area contributed by atoms with Crippen LogP contribution in [0.1, 0.15) is 11.9 Å². The van der Waals surface area contributed by atoms with Crippen molar-refractivity contribution in [1.29, 1.82) is 0 Å². The second-order valence-electron chi connectivity index (χ2n) is 4.67. The third-order valence-electron chi connectivity index (χ3n) is 2.96. The van der Waals surface area contributed by atoms with Gasteiger partial charge in [-0.25, -0.2) is 4.98 Å². The Hall–Kier alpha value is -1.93. The number of carbonyl (C=O) groups excluding carboxylic acids is 1. The average Bonchev–Trinajstić information content (AvgIpc) is 3.10. The number of aryl methyl sites for hydroxylation is 1. The Morgan fingerprint density at radius 2 is 2.27 bits per heavy atom. The van der Waals surface area contributed by atoms with E-state index < -0.39 is 0 Å². The molecular formula is C14H14N4O2S2. The molecule has 0 aliphatic heterocycles. The third-order valence-corrected chi connectivity index (χ3v) is 5.10. The number of hydrogen-bond donors (Lipinski definition) is 0. The minimum Gasteiger partial charge on any atom is -0.457 e. The maximum Gasteiger partial charge on any atom is 0.319 e. The maximum atomic E-state index is 12.0. The van der Waals surface area contributed by atoms with Crippen LogP contribution in [0.2, 0.25) is 0 Å². The lowest BCUT2D eigenvalue weighted by Crippen LogP contribution is -2.17. The molecule has 0 saturated carbocycles. The molecule has 0 amide bonds. The minimum absolute atomic E-state index is 0.196. The Morgan fingerprint density at radius 3 is 3.00 bits per heavy atom. The molecule has 1 atom stereocenters. The van der Waals surface area contributed by atoms with Gasteiger partial charge < -0.3 is 9.30 Å². The Bertz CT molecular complexity index is 766. The number of benzene rings is 1. The van der Waals surface area contributed by atoms with Crippen LogP contribution < -0.4 is 0 Å². The van der Waals surface area contributed by atoms with Gasteiger partial charge in [-0.05, 0) is 19.1 Å². The Labute approximate surface area is 135 Å². The summed E-state index contributed by atoms with van der Waals surface area (Å²) in [5.41, 5.74) is 0.931. The minimum atomic E-state index is -0.350. The zero-order valence-electron chi connectivity index (χ0n) is 12.1. The predicted molar refractivity (Wildman–Crippen MR) is 85.7 cm³/mol. The van der Waals surface area contributed by atoms with E-state index in [1.165, 1.54) is 23.1 Å². The van der Waals surface area contributed by atoms with Crippen molar-refractivity contribution in [2.24, 2.45) is 7.05 Å². The topological polar surface area (TPSA) is 69.9 Å². The number of thiazole rings is 1. The molecule has 1 unspecified atom stereocenters. The summed E-state index contributed by atoms with van der Waals surface area (Å²) in [6.07, 6.45) is 1.60. The number of thioether (sulfide) groups is 1. The lowest BCUT2D eigenvalue weighted by atomic mass is 10.3. The molecule has 0 aliphatic carbocycles. The maximum absolute atomic E-state index is 12.0. The molecule has 114 valence electrons. The summed E-state index contributed by atoms with van der Waals surface area (Å²) in [5.74, 6) is -0.285. The number of carbonyl (C=O) groups is 1. The number of hydrogen-bond acceptors (Lipinski definition) is 7. The van der Waals surface area contributed by atoms with Crippen molar-refractivity contribution in [3.05, 3.63) is 35.6 Å². The van der Waals surface area contributed by atoms with Crippen LogP contribution in [0.25, 0.3) is 10.2 Å². The van der Waals surface area contributed by atoms with Crippen LogP contribution in [-0.2, 0) is 23.2 Å². The van der Waals surface area contributed by atoms with Crippen molar-refractivity contribution in [2.75, 3.05) is 0 Å². The van der Waals surface area contributed by atoms with Gasteiger partial charge >= 0.3 is 5.97 Å². The summed E-state index contributed by atoms with van der Waals surface area (Å²) < 4.78 is 8.20. The normalized spacial score (nSPS) is 12.5. The van der Waals surface area contributed by atoms with E-state index in [1.54, 1.807) is 17.8 Å². The molecule has 1 aromatic carbocycles. The lowest BCUT2D eigenvalue weighted by Gasteiger charge is -2.09. The first kappa shape index (κ1) is 15.0. The molecule has 0 saturated heterocycles. The summed E-state index contributed by atoms with van der Waals surface area (Å²) in [6.45, 7) is 1.99. The number of para-hydroxylation sites is 1. The van der Waals surface area contributed by atoms with Gasteiger partial charge in [-0.3, -0.25) is 4.79 Å². The highest BCUT2D eigenvalue weighted by atomic mass is 32.2. The average molecular weight is 334 g/mol. The summed E-state index contributed by atoms with van der Waals surface area (Å²) in [6, 6.07) is 7.86. The highest BCUT2D eigenvalue weighted by molar-refractivity contribution is 8.00. The van der Waals surface area contributed by atoms with Crippen molar-refractivity contribution >= 4 is 39.3 Å². The van der Waals surface area contributed by atoms with Crippen LogP contribution in [0.3, 0.4) is 0 Å². The number of aromatic nitrogens is 4. The molecule has 0 radical (unpaired) electrons. The van der Waals surface area contributed by atoms with Gasteiger partial charge in [0.25, 0.3) is 0 Å².